The second-order valence-electron chi connectivity index (χ2n) is 5.64. The minimum atomic E-state index is -0.665. The lowest BCUT2D eigenvalue weighted by atomic mass is 10.2. The van der Waals surface area contributed by atoms with Gasteiger partial charge in [0.15, 0.2) is 5.11 Å². The predicted molar refractivity (Wildman–Crippen MR) is 95.5 cm³/mol. The molecule has 26 heavy (non-hydrogen) atoms. The second kappa shape index (κ2) is 6.30. The zero-order chi connectivity index (χ0) is 19.2. The largest absolute Gasteiger partial charge is 0.332 e. The molecular weight excluding hydrogens is 363 g/mol. The van der Waals surface area contributed by atoms with Crippen LogP contribution in [0.4, 0.5) is 15.9 Å². The number of amides is 2. The Morgan fingerprint density at radius 3 is 2.12 bits per heavy atom. The molecule has 0 N–H and O–H groups in total. The molecule has 134 valence electrons. The zero-order valence-corrected chi connectivity index (χ0v) is 14.6. The number of aromatic nitrogens is 2. The average Bonchev–Trinajstić information content (AvgIpc) is 2.58. The van der Waals surface area contributed by atoms with Crippen LogP contribution in [0.25, 0.3) is 0 Å². The molecule has 3 rings (SSSR count). The molecule has 0 aliphatic carbocycles. The van der Waals surface area contributed by atoms with Crippen LogP contribution in [0, 0.1) is 5.82 Å². The fraction of sp³-hybridized carbons (Fsp3) is 0.188. The summed E-state index contributed by atoms with van der Waals surface area (Å²) in [5, 5.41) is -0.221. The molecule has 8 nitrogen and oxygen atoms in total. The Hall–Kier alpha value is -3.14. The van der Waals surface area contributed by atoms with Gasteiger partial charge < -0.3 is 0 Å². The molecule has 0 atom stereocenters. The SMILES string of the molecule is Cn1c(N2C(=O)CC(=O)N(c3ccc(F)cc3)C2=S)cc(=O)n(C)c1=O. The van der Waals surface area contributed by atoms with Gasteiger partial charge >= 0.3 is 5.69 Å². The highest BCUT2D eigenvalue weighted by molar-refractivity contribution is 7.81. The monoisotopic (exact) mass is 376 g/mol. The first-order valence-corrected chi connectivity index (χ1v) is 7.85. The lowest BCUT2D eigenvalue weighted by molar-refractivity contribution is -0.126. The molecule has 2 heterocycles. The van der Waals surface area contributed by atoms with Crippen LogP contribution < -0.4 is 21.0 Å². The van der Waals surface area contributed by atoms with Crippen molar-refractivity contribution in [2.75, 3.05) is 9.80 Å². The van der Waals surface area contributed by atoms with Crippen LogP contribution in [-0.4, -0.2) is 26.1 Å². The molecule has 1 saturated heterocycles. The Bertz CT molecular complexity index is 1060. The van der Waals surface area contributed by atoms with Crippen molar-refractivity contribution >= 4 is 40.6 Å². The van der Waals surface area contributed by atoms with E-state index in [-0.39, 0.29) is 16.6 Å². The Morgan fingerprint density at radius 1 is 0.923 bits per heavy atom. The number of carbonyl (C=O) groups is 2. The van der Waals surface area contributed by atoms with Crippen molar-refractivity contribution in [1.82, 2.24) is 9.13 Å². The quantitative estimate of drug-likeness (QED) is 0.555. The fourth-order valence-electron chi connectivity index (χ4n) is 2.61. The van der Waals surface area contributed by atoms with Gasteiger partial charge in [0, 0.05) is 20.2 Å². The Kier molecular flexibility index (Phi) is 4.28. The molecule has 1 aliphatic rings. The van der Waals surface area contributed by atoms with E-state index >= 15 is 0 Å². The minimum absolute atomic E-state index is 0.0484. The highest BCUT2D eigenvalue weighted by atomic mass is 32.1. The first-order valence-electron chi connectivity index (χ1n) is 7.45. The lowest BCUT2D eigenvalue weighted by Gasteiger charge is -2.35. The molecule has 0 spiro atoms. The van der Waals surface area contributed by atoms with Crippen molar-refractivity contribution in [2.45, 2.75) is 6.42 Å². The van der Waals surface area contributed by atoms with Gasteiger partial charge in [-0.15, -0.1) is 0 Å². The normalized spacial score (nSPS) is 15.0. The third-order valence-electron chi connectivity index (χ3n) is 4.00. The number of rotatable bonds is 2. The van der Waals surface area contributed by atoms with Crippen LogP contribution in [0.1, 0.15) is 6.42 Å². The molecular formula is C16H13FN4O4S. The number of benzene rings is 1. The van der Waals surface area contributed by atoms with Crippen LogP contribution in [0.2, 0.25) is 0 Å². The zero-order valence-electron chi connectivity index (χ0n) is 13.8. The summed E-state index contributed by atoms with van der Waals surface area (Å²) in [6.07, 6.45) is -0.513. The first kappa shape index (κ1) is 17.7. The summed E-state index contributed by atoms with van der Waals surface area (Å²) in [6, 6.07) is 6.08. The van der Waals surface area contributed by atoms with Gasteiger partial charge in [-0.3, -0.25) is 28.4 Å². The molecule has 1 fully saturated rings. The maximum atomic E-state index is 13.2. The van der Waals surface area contributed by atoms with Gasteiger partial charge in [0.25, 0.3) is 5.56 Å². The summed E-state index contributed by atoms with van der Waals surface area (Å²) < 4.78 is 15.1. The summed E-state index contributed by atoms with van der Waals surface area (Å²) in [6.45, 7) is 0. The Morgan fingerprint density at radius 2 is 1.50 bits per heavy atom. The van der Waals surface area contributed by atoms with Crippen LogP contribution in [0.3, 0.4) is 0 Å². The molecule has 0 radical (unpaired) electrons. The number of thiocarbonyl (C=S) groups is 1. The predicted octanol–water partition coefficient (Wildman–Crippen LogP) is 0.278. The highest BCUT2D eigenvalue weighted by Crippen LogP contribution is 2.25. The maximum Gasteiger partial charge on any atom is 0.332 e. The number of nitrogens with zero attached hydrogens (tertiary/aromatic N) is 4. The molecule has 0 saturated carbocycles. The van der Waals surface area contributed by atoms with E-state index in [1.54, 1.807) is 0 Å². The molecule has 2 amide bonds. The van der Waals surface area contributed by atoms with E-state index in [0.29, 0.717) is 0 Å². The van der Waals surface area contributed by atoms with Gasteiger partial charge in [-0.05, 0) is 36.5 Å². The van der Waals surface area contributed by atoms with Crippen LogP contribution in [0.5, 0.6) is 0 Å². The van der Waals surface area contributed by atoms with E-state index in [0.717, 1.165) is 37.1 Å². The smallest absolute Gasteiger partial charge is 0.282 e. The van der Waals surface area contributed by atoms with Crippen LogP contribution in [0.15, 0.2) is 39.9 Å². The van der Waals surface area contributed by atoms with Gasteiger partial charge in [0.05, 0.1) is 5.69 Å². The third kappa shape index (κ3) is 2.73. The van der Waals surface area contributed by atoms with Crippen molar-refractivity contribution in [3.05, 3.63) is 57.0 Å². The number of halogens is 1. The number of anilines is 2. The van der Waals surface area contributed by atoms with Gasteiger partial charge in [0.1, 0.15) is 18.1 Å². The third-order valence-corrected chi connectivity index (χ3v) is 4.36. The number of hydrogen-bond donors (Lipinski definition) is 0. The van der Waals surface area contributed by atoms with E-state index < -0.39 is 35.3 Å². The molecule has 0 bridgehead atoms. The molecule has 2 aromatic rings. The number of hydrogen-bond acceptors (Lipinski definition) is 5. The van der Waals surface area contributed by atoms with Gasteiger partial charge in [0.2, 0.25) is 11.8 Å². The highest BCUT2D eigenvalue weighted by Gasteiger charge is 2.38. The summed E-state index contributed by atoms with van der Waals surface area (Å²) in [7, 11) is 2.69. The van der Waals surface area contributed by atoms with Crippen molar-refractivity contribution in [2.24, 2.45) is 14.1 Å². The molecule has 1 aromatic heterocycles. The Labute approximate surface area is 151 Å². The van der Waals surface area contributed by atoms with Crippen molar-refractivity contribution in [3.63, 3.8) is 0 Å². The van der Waals surface area contributed by atoms with E-state index in [2.05, 4.69) is 0 Å². The summed E-state index contributed by atoms with van der Waals surface area (Å²) in [5.74, 6) is -1.79. The number of carbonyl (C=O) groups excluding carboxylic acids is 2. The van der Waals surface area contributed by atoms with Gasteiger partial charge in [-0.2, -0.15) is 0 Å². The van der Waals surface area contributed by atoms with Crippen molar-refractivity contribution in [1.29, 1.82) is 0 Å². The lowest BCUT2D eigenvalue weighted by Crippen LogP contribution is -2.57. The second-order valence-corrected chi connectivity index (χ2v) is 6.00. The Balaban J connectivity index is 2.14. The summed E-state index contributed by atoms with van der Waals surface area (Å²) >= 11 is 5.27. The van der Waals surface area contributed by atoms with E-state index in [1.165, 1.54) is 26.2 Å². The molecule has 1 aliphatic heterocycles. The minimum Gasteiger partial charge on any atom is -0.282 e. The van der Waals surface area contributed by atoms with Crippen molar-refractivity contribution in [3.8, 4) is 0 Å². The summed E-state index contributed by atoms with van der Waals surface area (Å²) in [4.78, 5) is 50.9. The van der Waals surface area contributed by atoms with E-state index in [4.69, 9.17) is 12.2 Å². The topological polar surface area (TPSA) is 84.6 Å². The van der Waals surface area contributed by atoms with Crippen LogP contribution >= 0.6 is 12.2 Å². The van der Waals surface area contributed by atoms with Gasteiger partial charge in [-0.1, -0.05) is 0 Å². The first-order chi connectivity index (χ1) is 12.2. The summed E-state index contributed by atoms with van der Waals surface area (Å²) in [5.41, 5.74) is -0.995. The van der Waals surface area contributed by atoms with Gasteiger partial charge in [-0.25, -0.2) is 14.1 Å². The van der Waals surface area contributed by atoms with E-state index in [9.17, 15) is 23.6 Å². The average molecular weight is 376 g/mol. The molecule has 10 heteroatoms. The standard InChI is InChI=1S/C16H13FN4O4S/c1-18-11(7-12(22)19(2)15(18)25)21-14(24)8-13(23)20(16(21)26)10-5-3-9(17)4-6-10/h3-7H,8H2,1-2H3. The molecule has 0 unspecified atom stereocenters. The fourth-order valence-corrected chi connectivity index (χ4v) is 3.01. The van der Waals surface area contributed by atoms with E-state index in [1.807, 2.05) is 0 Å². The van der Waals surface area contributed by atoms with Crippen LogP contribution in [-0.2, 0) is 23.7 Å². The molecule has 1 aromatic carbocycles. The maximum absolute atomic E-state index is 13.2. The van der Waals surface area contributed by atoms with Crippen molar-refractivity contribution < 1.29 is 14.0 Å².